The molecule has 0 aromatic carbocycles. The molecule has 0 aliphatic carbocycles. The Hall–Kier alpha value is -2.25. The zero-order chi connectivity index (χ0) is 15.8. The van der Waals surface area contributed by atoms with E-state index in [9.17, 15) is 4.79 Å². The summed E-state index contributed by atoms with van der Waals surface area (Å²) < 4.78 is 0. The van der Waals surface area contributed by atoms with Gasteiger partial charge in [0, 0.05) is 24.0 Å². The molecule has 6 nitrogen and oxygen atoms in total. The van der Waals surface area contributed by atoms with E-state index >= 15 is 0 Å². The van der Waals surface area contributed by atoms with Crippen LogP contribution in [-0.2, 0) is 0 Å². The summed E-state index contributed by atoms with van der Waals surface area (Å²) in [6, 6.07) is 5.69. The molecular weight excluding hydrogens is 310 g/mol. The van der Waals surface area contributed by atoms with Gasteiger partial charge in [0.1, 0.15) is 16.3 Å². The quantitative estimate of drug-likeness (QED) is 0.691. The van der Waals surface area contributed by atoms with E-state index in [2.05, 4.69) is 25.6 Å². The lowest BCUT2D eigenvalue weighted by Crippen LogP contribution is -2.12. The predicted octanol–water partition coefficient (Wildman–Crippen LogP) is 2.66. The molecule has 1 fully saturated rings. The van der Waals surface area contributed by atoms with E-state index in [4.69, 9.17) is 0 Å². The molecule has 7 heteroatoms. The lowest BCUT2D eigenvalue weighted by atomic mass is 10.1. The maximum absolute atomic E-state index is 12.5. The number of nitrogens with one attached hydrogen (secondary N) is 3. The average molecular weight is 327 g/mol. The highest BCUT2D eigenvalue weighted by Gasteiger charge is 2.23. The van der Waals surface area contributed by atoms with Gasteiger partial charge in [-0.1, -0.05) is 0 Å². The molecule has 1 amide bonds. The van der Waals surface area contributed by atoms with Gasteiger partial charge in [0.15, 0.2) is 0 Å². The standard InChI is InChI=1S/C16H17N5OS/c1-9-13(23-16(19-9)11-4-6-17-8-11)15(22)21-12-3-2-10-5-7-18-14(10)20-12/h2-3,5,7,11,17H,4,6,8H2,1H3,(H2,18,20,21,22). The van der Waals surface area contributed by atoms with E-state index in [1.54, 1.807) is 0 Å². The molecule has 0 bridgehead atoms. The van der Waals surface area contributed by atoms with Crippen molar-refractivity contribution in [2.45, 2.75) is 19.3 Å². The van der Waals surface area contributed by atoms with Crippen molar-refractivity contribution in [2.24, 2.45) is 0 Å². The normalized spacial score (nSPS) is 17.7. The molecule has 1 atom stereocenters. The van der Waals surface area contributed by atoms with Crippen LogP contribution in [0.25, 0.3) is 11.0 Å². The first-order valence-electron chi connectivity index (χ1n) is 7.64. The fourth-order valence-electron chi connectivity index (χ4n) is 2.84. The molecule has 4 heterocycles. The van der Waals surface area contributed by atoms with E-state index in [1.807, 2.05) is 31.3 Å². The minimum absolute atomic E-state index is 0.143. The number of aromatic nitrogens is 3. The van der Waals surface area contributed by atoms with Gasteiger partial charge in [-0.3, -0.25) is 4.79 Å². The monoisotopic (exact) mass is 327 g/mol. The summed E-state index contributed by atoms with van der Waals surface area (Å²) in [5.41, 5.74) is 1.55. The molecule has 3 N–H and O–H groups in total. The predicted molar refractivity (Wildman–Crippen MR) is 91.1 cm³/mol. The Labute approximate surface area is 137 Å². The lowest BCUT2D eigenvalue weighted by molar-refractivity contribution is 0.102. The number of aryl methyl sites for hydroxylation is 1. The first kappa shape index (κ1) is 14.3. The van der Waals surface area contributed by atoms with Gasteiger partial charge in [-0.25, -0.2) is 9.97 Å². The number of thiazole rings is 1. The number of carbonyl (C=O) groups is 1. The lowest BCUT2D eigenvalue weighted by Gasteiger charge is -2.03. The zero-order valence-corrected chi connectivity index (χ0v) is 13.5. The number of hydrogen-bond donors (Lipinski definition) is 3. The number of fused-ring (bicyclic) bond motifs is 1. The van der Waals surface area contributed by atoms with Gasteiger partial charge in [0.25, 0.3) is 5.91 Å². The number of anilines is 1. The number of H-pyrrole nitrogens is 1. The summed E-state index contributed by atoms with van der Waals surface area (Å²) in [4.78, 5) is 25.2. The van der Waals surface area contributed by atoms with Crippen molar-refractivity contribution in [3.8, 4) is 0 Å². The Balaban J connectivity index is 1.56. The largest absolute Gasteiger partial charge is 0.346 e. The second kappa shape index (κ2) is 5.75. The van der Waals surface area contributed by atoms with E-state index < -0.39 is 0 Å². The highest BCUT2D eigenvalue weighted by atomic mass is 32.1. The number of carbonyl (C=O) groups excluding carboxylic acids is 1. The number of pyridine rings is 1. The molecule has 0 spiro atoms. The van der Waals surface area contributed by atoms with E-state index in [0.29, 0.717) is 16.6 Å². The summed E-state index contributed by atoms with van der Waals surface area (Å²) in [6.45, 7) is 3.85. The topological polar surface area (TPSA) is 82.7 Å². The average Bonchev–Trinajstić information content (AvgIpc) is 3.26. The van der Waals surface area contributed by atoms with E-state index in [0.717, 1.165) is 41.2 Å². The van der Waals surface area contributed by atoms with Gasteiger partial charge in [0.05, 0.1) is 10.7 Å². The van der Waals surface area contributed by atoms with Crippen LogP contribution in [0, 0.1) is 6.92 Å². The fourth-order valence-corrected chi connectivity index (χ4v) is 3.94. The van der Waals surface area contributed by atoms with Crippen molar-refractivity contribution in [1.82, 2.24) is 20.3 Å². The molecule has 23 heavy (non-hydrogen) atoms. The van der Waals surface area contributed by atoms with Crippen LogP contribution < -0.4 is 10.6 Å². The van der Waals surface area contributed by atoms with Crippen LogP contribution in [0.4, 0.5) is 5.82 Å². The number of rotatable bonds is 3. The molecule has 0 saturated carbocycles. The molecule has 4 rings (SSSR count). The van der Waals surface area contributed by atoms with Gasteiger partial charge in [-0.05, 0) is 38.1 Å². The third-order valence-corrected chi connectivity index (χ3v) is 5.40. The highest BCUT2D eigenvalue weighted by molar-refractivity contribution is 7.14. The minimum Gasteiger partial charge on any atom is -0.346 e. The van der Waals surface area contributed by atoms with Crippen molar-refractivity contribution in [2.75, 3.05) is 18.4 Å². The molecule has 1 aliphatic heterocycles. The first-order valence-corrected chi connectivity index (χ1v) is 8.46. The zero-order valence-electron chi connectivity index (χ0n) is 12.7. The Morgan fingerprint density at radius 1 is 1.35 bits per heavy atom. The van der Waals surface area contributed by atoms with E-state index in [1.165, 1.54) is 11.3 Å². The fraction of sp³-hybridized carbons (Fsp3) is 0.312. The van der Waals surface area contributed by atoms with Crippen LogP contribution >= 0.6 is 11.3 Å². The second-order valence-corrected chi connectivity index (χ2v) is 6.75. The summed E-state index contributed by atoms with van der Waals surface area (Å²) >= 11 is 1.49. The minimum atomic E-state index is -0.143. The number of amides is 1. The van der Waals surface area contributed by atoms with Crippen molar-refractivity contribution in [3.05, 3.63) is 40.0 Å². The third kappa shape index (κ3) is 2.73. The Morgan fingerprint density at radius 2 is 2.26 bits per heavy atom. The molecule has 3 aromatic rings. The van der Waals surface area contributed by atoms with Crippen LogP contribution in [-0.4, -0.2) is 33.9 Å². The molecule has 1 aliphatic rings. The maximum atomic E-state index is 12.5. The van der Waals surface area contributed by atoms with Crippen LogP contribution in [0.15, 0.2) is 24.4 Å². The molecule has 0 radical (unpaired) electrons. The molecule has 1 saturated heterocycles. The number of aromatic amines is 1. The van der Waals surface area contributed by atoms with Gasteiger partial charge < -0.3 is 15.6 Å². The van der Waals surface area contributed by atoms with Crippen molar-refractivity contribution in [1.29, 1.82) is 0 Å². The van der Waals surface area contributed by atoms with Crippen LogP contribution in [0.5, 0.6) is 0 Å². The summed E-state index contributed by atoms with van der Waals surface area (Å²) in [5.74, 6) is 0.825. The maximum Gasteiger partial charge on any atom is 0.268 e. The van der Waals surface area contributed by atoms with Gasteiger partial charge >= 0.3 is 0 Å². The molecule has 3 aromatic heterocycles. The van der Waals surface area contributed by atoms with Crippen molar-refractivity contribution in [3.63, 3.8) is 0 Å². The summed E-state index contributed by atoms with van der Waals surface area (Å²) in [7, 11) is 0. The van der Waals surface area contributed by atoms with Crippen LogP contribution in [0.3, 0.4) is 0 Å². The Bertz CT molecular complexity index is 862. The van der Waals surface area contributed by atoms with Gasteiger partial charge in [-0.15, -0.1) is 11.3 Å². The number of nitrogens with zero attached hydrogens (tertiary/aromatic N) is 2. The Kier molecular flexibility index (Phi) is 3.59. The summed E-state index contributed by atoms with van der Waals surface area (Å²) in [6.07, 6.45) is 2.91. The summed E-state index contributed by atoms with van der Waals surface area (Å²) in [5, 5.41) is 8.27. The van der Waals surface area contributed by atoms with Crippen LogP contribution in [0.1, 0.15) is 32.7 Å². The SMILES string of the molecule is Cc1nc(C2CCNC2)sc1C(=O)Nc1ccc2cc[nH]c2n1. The van der Waals surface area contributed by atoms with Crippen molar-refractivity contribution >= 4 is 34.1 Å². The smallest absolute Gasteiger partial charge is 0.268 e. The number of hydrogen-bond acceptors (Lipinski definition) is 5. The first-order chi connectivity index (χ1) is 11.2. The van der Waals surface area contributed by atoms with Gasteiger partial charge in [0.2, 0.25) is 0 Å². The van der Waals surface area contributed by atoms with Gasteiger partial charge in [-0.2, -0.15) is 0 Å². The van der Waals surface area contributed by atoms with Crippen LogP contribution in [0.2, 0.25) is 0 Å². The molecule has 118 valence electrons. The third-order valence-electron chi connectivity index (χ3n) is 4.08. The van der Waals surface area contributed by atoms with E-state index in [-0.39, 0.29) is 5.91 Å². The highest BCUT2D eigenvalue weighted by Crippen LogP contribution is 2.29. The molecular formula is C16H17N5OS. The van der Waals surface area contributed by atoms with Crippen molar-refractivity contribution < 1.29 is 4.79 Å². The molecule has 1 unspecified atom stereocenters. The Morgan fingerprint density at radius 3 is 3.09 bits per heavy atom. The second-order valence-electron chi connectivity index (χ2n) is 5.72.